The Hall–Kier alpha value is -0.0400. The van der Waals surface area contributed by atoms with Gasteiger partial charge in [0.25, 0.3) is 0 Å². The second-order valence-electron chi connectivity index (χ2n) is 6.65. The molecular formula is C15H30IN3O. The van der Waals surface area contributed by atoms with Crippen LogP contribution in [0.25, 0.3) is 0 Å². The van der Waals surface area contributed by atoms with Crippen LogP contribution in [-0.2, 0) is 4.74 Å². The molecule has 0 aromatic heterocycles. The minimum atomic E-state index is -0.198. The Morgan fingerprint density at radius 3 is 2.40 bits per heavy atom. The predicted molar refractivity (Wildman–Crippen MR) is 94.9 cm³/mol. The highest BCUT2D eigenvalue weighted by atomic mass is 127. The number of aliphatic imine (C=N–C) groups is 1. The smallest absolute Gasteiger partial charge is 0.191 e. The highest BCUT2D eigenvalue weighted by molar-refractivity contribution is 14.0. The average Bonchev–Trinajstić information content (AvgIpc) is 3.25. The van der Waals surface area contributed by atoms with Crippen LogP contribution in [0.15, 0.2) is 4.99 Å². The molecule has 0 aliphatic heterocycles. The van der Waals surface area contributed by atoms with Crippen LogP contribution in [0.5, 0.6) is 0 Å². The fourth-order valence-corrected chi connectivity index (χ4v) is 2.52. The fourth-order valence-electron chi connectivity index (χ4n) is 2.52. The van der Waals surface area contributed by atoms with Crippen molar-refractivity contribution in [2.75, 3.05) is 26.7 Å². The summed E-state index contributed by atoms with van der Waals surface area (Å²) < 4.78 is 5.41. The predicted octanol–water partition coefficient (Wildman–Crippen LogP) is 2.77. The van der Waals surface area contributed by atoms with Crippen LogP contribution in [0, 0.1) is 11.3 Å². The SMILES string of the molecule is CCNC(=NCC(C)(C)OC)NCC1(C2CC2)CC1.I. The Bertz CT molecular complexity index is 336. The van der Waals surface area contributed by atoms with Gasteiger partial charge in [-0.05, 0) is 57.8 Å². The Labute approximate surface area is 140 Å². The van der Waals surface area contributed by atoms with Gasteiger partial charge in [0, 0.05) is 20.2 Å². The first-order valence-electron chi connectivity index (χ1n) is 7.59. The molecule has 0 unspecified atom stereocenters. The van der Waals surface area contributed by atoms with Crippen molar-refractivity contribution in [2.45, 2.75) is 52.1 Å². The molecule has 2 fully saturated rings. The summed E-state index contributed by atoms with van der Waals surface area (Å²) in [6, 6.07) is 0. The van der Waals surface area contributed by atoms with Crippen LogP contribution in [0.4, 0.5) is 0 Å². The molecule has 118 valence electrons. The van der Waals surface area contributed by atoms with Crippen molar-refractivity contribution >= 4 is 29.9 Å². The third kappa shape index (κ3) is 5.06. The molecule has 0 atom stereocenters. The molecule has 0 aromatic rings. The maximum atomic E-state index is 5.41. The molecule has 2 N–H and O–H groups in total. The summed E-state index contributed by atoms with van der Waals surface area (Å²) in [5.74, 6) is 1.91. The minimum absolute atomic E-state index is 0. The van der Waals surface area contributed by atoms with Crippen molar-refractivity contribution < 1.29 is 4.74 Å². The van der Waals surface area contributed by atoms with E-state index in [0.717, 1.165) is 25.0 Å². The van der Waals surface area contributed by atoms with Crippen LogP contribution < -0.4 is 10.6 Å². The van der Waals surface area contributed by atoms with E-state index in [1.165, 1.54) is 25.7 Å². The molecule has 20 heavy (non-hydrogen) atoms. The molecule has 4 nitrogen and oxygen atoms in total. The second kappa shape index (κ2) is 7.29. The molecule has 2 aliphatic carbocycles. The normalized spacial score (nSPS) is 21.1. The van der Waals surface area contributed by atoms with E-state index < -0.39 is 0 Å². The third-order valence-electron chi connectivity index (χ3n) is 4.46. The van der Waals surface area contributed by atoms with Crippen molar-refractivity contribution in [1.82, 2.24) is 10.6 Å². The Morgan fingerprint density at radius 1 is 1.30 bits per heavy atom. The molecule has 5 heteroatoms. The van der Waals surface area contributed by atoms with Gasteiger partial charge in [-0.25, -0.2) is 0 Å². The Balaban J connectivity index is 0.00000200. The maximum absolute atomic E-state index is 5.41. The van der Waals surface area contributed by atoms with E-state index >= 15 is 0 Å². The Kier molecular flexibility index (Phi) is 6.57. The van der Waals surface area contributed by atoms with E-state index in [2.05, 4.69) is 36.4 Å². The molecule has 2 rings (SSSR count). The quantitative estimate of drug-likeness (QED) is 0.396. The van der Waals surface area contributed by atoms with Gasteiger partial charge in [0.1, 0.15) is 0 Å². The summed E-state index contributed by atoms with van der Waals surface area (Å²) in [4.78, 5) is 4.64. The summed E-state index contributed by atoms with van der Waals surface area (Å²) in [6.45, 7) is 8.88. The molecule has 0 heterocycles. The van der Waals surface area contributed by atoms with Crippen molar-refractivity contribution in [3.8, 4) is 0 Å². The second-order valence-corrected chi connectivity index (χ2v) is 6.65. The average molecular weight is 395 g/mol. The lowest BCUT2D eigenvalue weighted by Crippen LogP contribution is -2.42. The first-order valence-corrected chi connectivity index (χ1v) is 7.59. The van der Waals surface area contributed by atoms with E-state index in [4.69, 9.17) is 4.74 Å². The van der Waals surface area contributed by atoms with E-state index in [-0.39, 0.29) is 29.6 Å². The van der Waals surface area contributed by atoms with Gasteiger partial charge in [0.05, 0.1) is 12.1 Å². The van der Waals surface area contributed by atoms with Gasteiger partial charge < -0.3 is 15.4 Å². The van der Waals surface area contributed by atoms with Gasteiger partial charge in [-0.1, -0.05) is 0 Å². The first-order chi connectivity index (χ1) is 9.01. The molecule has 0 spiro atoms. The highest BCUT2D eigenvalue weighted by Crippen LogP contribution is 2.60. The number of nitrogens with zero attached hydrogens (tertiary/aromatic N) is 1. The molecule has 0 amide bonds. The number of rotatable bonds is 7. The van der Waals surface area contributed by atoms with Crippen LogP contribution in [0.1, 0.15) is 46.5 Å². The summed E-state index contributed by atoms with van der Waals surface area (Å²) in [7, 11) is 1.74. The van der Waals surface area contributed by atoms with E-state index in [1.54, 1.807) is 7.11 Å². The Morgan fingerprint density at radius 2 is 1.95 bits per heavy atom. The summed E-state index contributed by atoms with van der Waals surface area (Å²) in [5, 5.41) is 6.85. The van der Waals surface area contributed by atoms with E-state index in [0.29, 0.717) is 12.0 Å². The standard InChI is InChI=1S/C15H29N3O.HI/c1-5-16-13(17-10-14(2,3)19-4)18-11-15(8-9-15)12-6-7-12;/h12H,5-11H2,1-4H3,(H2,16,17,18);1H. The van der Waals surface area contributed by atoms with Crippen LogP contribution >= 0.6 is 24.0 Å². The van der Waals surface area contributed by atoms with E-state index in [9.17, 15) is 0 Å². The van der Waals surface area contributed by atoms with Crippen LogP contribution in [0.3, 0.4) is 0 Å². The van der Waals surface area contributed by atoms with Gasteiger partial charge in [0.2, 0.25) is 0 Å². The first kappa shape index (κ1) is 18.0. The van der Waals surface area contributed by atoms with Gasteiger partial charge in [-0.2, -0.15) is 0 Å². The lowest BCUT2D eigenvalue weighted by atomic mass is 10.0. The monoisotopic (exact) mass is 395 g/mol. The molecular weight excluding hydrogens is 365 g/mol. The summed E-state index contributed by atoms with van der Waals surface area (Å²) in [5.41, 5.74) is 0.406. The lowest BCUT2D eigenvalue weighted by Gasteiger charge is -2.22. The van der Waals surface area contributed by atoms with Crippen molar-refractivity contribution in [1.29, 1.82) is 0 Å². The van der Waals surface area contributed by atoms with Gasteiger partial charge >= 0.3 is 0 Å². The molecule has 0 bridgehead atoms. The van der Waals surface area contributed by atoms with E-state index in [1.807, 2.05) is 0 Å². The largest absolute Gasteiger partial charge is 0.377 e. The van der Waals surface area contributed by atoms with Gasteiger partial charge in [-0.15, -0.1) is 24.0 Å². The number of guanidine groups is 1. The molecule has 0 aromatic carbocycles. The molecule has 0 radical (unpaired) electrons. The van der Waals surface area contributed by atoms with Crippen molar-refractivity contribution in [3.05, 3.63) is 0 Å². The fraction of sp³-hybridized carbons (Fsp3) is 0.933. The summed E-state index contributed by atoms with van der Waals surface area (Å²) in [6.07, 6.45) is 5.67. The number of methoxy groups -OCH3 is 1. The van der Waals surface area contributed by atoms with Gasteiger partial charge in [-0.3, -0.25) is 4.99 Å². The van der Waals surface area contributed by atoms with Crippen molar-refractivity contribution in [2.24, 2.45) is 16.3 Å². The molecule has 0 saturated heterocycles. The third-order valence-corrected chi connectivity index (χ3v) is 4.46. The zero-order valence-electron chi connectivity index (χ0n) is 13.3. The number of hydrogen-bond acceptors (Lipinski definition) is 2. The number of halogens is 1. The topological polar surface area (TPSA) is 45.7 Å². The van der Waals surface area contributed by atoms with Gasteiger partial charge in [0.15, 0.2) is 5.96 Å². The lowest BCUT2D eigenvalue weighted by molar-refractivity contribution is 0.0310. The van der Waals surface area contributed by atoms with Crippen LogP contribution in [0.2, 0.25) is 0 Å². The molecule has 2 saturated carbocycles. The van der Waals surface area contributed by atoms with Crippen molar-refractivity contribution in [3.63, 3.8) is 0 Å². The number of nitrogens with one attached hydrogen (secondary N) is 2. The minimum Gasteiger partial charge on any atom is -0.377 e. The number of ether oxygens (including phenoxy) is 1. The maximum Gasteiger partial charge on any atom is 0.191 e. The zero-order chi connectivity index (χ0) is 13.9. The number of hydrogen-bond donors (Lipinski definition) is 2. The summed E-state index contributed by atoms with van der Waals surface area (Å²) >= 11 is 0. The zero-order valence-corrected chi connectivity index (χ0v) is 15.6. The highest BCUT2D eigenvalue weighted by Gasteiger charge is 2.53. The van der Waals surface area contributed by atoms with Crippen LogP contribution in [-0.4, -0.2) is 38.3 Å². The molecule has 2 aliphatic rings.